The van der Waals surface area contributed by atoms with Gasteiger partial charge in [-0.2, -0.15) is 5.26 Å². The molecule has 1 unspecified atom stereocenters. The predicted octanol–water partition coefficient (Wildman–Crippen LogP) is 4.43. The van der Waals surface area contributed by atoms with E-state index in [9.17, 15) is 5.26 Å². The molecule has 5 aromatic rings. The number of benzene rings is 1. The van der Waals surface area contributed by atoms with E-state index in [1.807, 2.05) is 53.2 Å². The van der Waals surface area contributed by atoms with E-state index in [2.05, 4.69) is 28.7 Å². The van der Waals surface area contributed by atoms with Gasteiger partial charge in [0.1, 0.15) is 17.0 Å². The average Bonchev–Trinajstić information content (AvgIpc) is 3.39. The van der Waals surface area contributed by atoms with Gasteiger partial charge in [-0.1, -0.05) is 6.07 Å². The Bertz CT molecular complexity index is 1480. The van der Waals surface area contributed by atoms with Crippen LogP contribution < -0.4 is 0 Å². The van der Waals surface area contributed by atoms with E-state index in [-0.39, 0.29) is 12.1 Å². The van der Waals surface area contributed by atoms with Crippen LogP contribution in [0.3, 0.4) is 0 Å². The third kappa shape index (κ3) is 3.12. The average molecular weight is 422 g/mol. The highest BCUT2D eigenvalue weighted by molar-refractivity contribution is 6.02. The zero-order chi connectivity index (χ0) is 21.7. The van der Waals surface area contributed by atoms with E-state index in [1.165, 1.54) is 0 Å². The van der Waals surface area contributed by atoms with E-state index in [0.717, 1.165) is 58.6 Å². The summed E-state index contributed by atoms with van der Waals surface area (Å²) >= 11 is 0. The van der Waals surface area contributed by atoms with Crippen molar-refractivity contribution in [1.29, 1.82) is 5.26 Å². The molecule has 4 aromatic heterocycles. The maximum Gasteiger partial charge on any atom is 0.136 e. The maximum atomic E-state index is 9.47. The summed E-state index contributed by atoms with van der Waals surface area (Å²) in [7, 11) is 0. The summed E-state index contributed by atoms with van der Waals surface area (Å²) in [6, 6.07) is 14.2. The molecular weight excluding hydrogens is 400 g/mol. The van der Waals surface area contributed by atoms with Crippen molar-refractivity contribution in [3.63, 3.8) is 0 Å². The molecule has 6 rings (SSSR count). The van der Waals surface area contributed by atoms with Crippen LogP contribution in [0.4, 0.5) is 0 Å². The fraction of sp³-hybridized carbons (Fsp3) is 0.280. The number of nitriles is 1. The Balaban J connectivity index is 1.57. The normalized spacial score (nSPS) is 19.0. The quantitative estimate of drug-likeness (QED) is 0.429. The lowest BCUT2D eigenvalue weighted by atomic mass is 10.0. The number of pyridine rings is 2. The smallest absolute Gasteiger partial charge is 0.136 e. The first-order valence-electron chi connectivity index (χ1n) is 10.9. The second-order valence-electron chi connectivity index (χ2n) is 8.47. The number of hydrogen-bond acceptors (Lipinski definition) is 5. The fourth-order valence-corrected chi connectivity index (χ4v) is 4.86. The Hall–Kier alpha value is -3.76. The molecule has 1 saturated heterocycles. The topological polar surface area (TPSA) is 81.0 Å². The first-order valence-corrected chi connectivity index (χ1v) is 10.9. The molecule has 0 saturated carbocycles. The van der Waals surface area contributed by atoms with Crippen LogP contribution in [0.2, 0.25) is 0 Å². The van der Waals surface area contributed by atoms with Gasteiger partial charge in [0.25, 0.3) is 0 Å². The molecule has 32 heavy (non-hydrogen) atoms. The lowest BCUT2D eigenvalue weighted by molar-refractivity contribution is 0.00631. The highest BCUT2D eigenvalue weighted by Crippen LogP contribution is 2.34. The molecule has 0 spiro atoms. The van der Waals surface area contributed by atoms with Crippen LogP contribution in [0.25, 0.3) is 27.6 Å². The maximum absolute atomic E-state index is 9.47. The second-order valence-corrected chi connectivity index (χ2v) is 8.47. The van der Waals surface area contributed by atoms with Crippen LogP contribution in [0.15, 0.2) is 55.0 Å². The van der Waals surface area contributed by atoms with Gasteiger partial charge in [0.2, 0.25) is 0 Å². The molecule has 1 aliphatic rings. The van der Waals surface area contributed by atoms with Gasteiger partial charge >= 0.3 is 0 Å². The van der Waals surface area contributed by atoms with Crippen LogP contribution in [0, 0.1) is 11.3 Å². The van der Waals surface area contributed by atoms with Crippen molar-refractivity contribution in [1.82, 2.24) is 23.9 Å². The SMILES string of the molecule is C[C@@H]1CC(n2c(Cc3cn4ccccc4n3)nc3cnc4ccc(C#N)cc4c32)CCO1. The first kappa shape index (κ1) is 19.0. The molecule has 7 heteroatoms. The van der Waals surface area contributed by atoms with Gasteiger partial charge in [-0.25, -0.2) is 9.97 Å². The van der Waals surface area contributed by atoms with Crippen molar-refractivity contribution in [2.24, 2.45) is 0 Å². The molecular formula is C25H22N6O. The molecule has 0 amide bonds. The number of fused-ring (bicyclic) bond motifs is 4. The minimum Gasteiger partial charge on any atom is -0.378 e. The number of ether oxygens (including phenoxy) is 1. The predicted molar refractivity (Wildman–Crippen MR) is 121 cm³/mol. The van der Waals surface area contributed by atoms with Crippen LogP contribution >= 0.6 is 0 Å². The summed E-state index contributed by atoms with van der Waals surface area (Å²) < 4.78 is 10.2. The fourth-order valence-electron chi connectivity index (χ4n) is 4.86. The molecule has 158 valence electrons. The molecule has 0 aliphatic carbocycles. The molecule has 0 radical (unpaired) electrons. The van der Waals surface area contributed by atoms with Gasteiger partial charge in [0.15, 0.2) is 0 Å². The number of aromatic nitrogens is 5. The van der Waals surface area contributed by atoms with Crippen molar-refractivity contribution >= 4 is 27.6 Å². The van der Waals surface area contributed by atoms with Crippen LogP contribution in [-0.2, 0) is 11.2 Å². The molecule has 1 aromatic carbocycles. The van der Waals surface area contributed by atoms with E-state index >= 15 is 0 Å². The van der Waals surface area contributed by atoms with Crippen molar-refractivity contribution in [3.05, 3.63) is 72.1 Å². The monoisotopic (exact) mass is 422 g/mol. The molecule has 1 aliphatic heterocycles. The third-order valence-corrected chi connectivity index (χ3v) is 6.29. The van der Waals surface area contributed by atoms with Crippen LogP contribution in [0.5, 0.6) is 0 Å². The van der Waals surface area contributed by atoms with E-state index in [1.54, 1.807) is 0 Å². The van der Waals surface area contributed by atoms with E-state index < -0.39 is 0 Å². The van der Waals surface area contributed by atoms with Crippen LogP contribution in [-0.4, -0.2) is 36.6 Å². The summed E-state index contributed by atoms with van der Waals surface area (Å²) in [5, 5.41) is 10.4. The lowest BCUT2D eigenvalue weighted by Gasteiger charge is -2.30. The Morgan fingerprint density at radius 1 is 1.19 bits per heavy atom. The standard InChI is InChI=1S/C25H22N6O/c1-16-10-19(7-9-32-16)31-24(12-18-15-30-8-3-2-4-23(30)28-18)29-22-14-27-21-6-5-17(13-26)11-20(21)25(22)31/h2-6,8,11,14-16,19H,7,9-10,12H2,1H3/t16-,19?/m1/s1. The van der Waals surface area contributed by atoms with Crippen LogP contribution in [0.1, 0.15) is 42.9 Å². The van der Waals surface area contributed by atoms with Gasteiger partial charge in [-0.05, 0) is 50.1 Å². The number of hydrogen-bond donors (Lipinski definition) is 0. The lowest BCUT2D eigenvalue weighted by Crippen LogP contribution is -2.26. The van der Waals surface area contributed by atoms with Gasteiger partial charge in [0, 0.05) is 36.8 Å². The van der Waals surface area contributed by atoms with Crippen molar-refractivity contribution in [2.45, 2.75) is 38.3 Å². The Kier molecular flexibility index (Phi) is 4.40. The van der Waals surface area contributed by atoms with E-state index in [0.29, 0.717) is 12.0 Å². The third-order valence-electron chi connectivity index (χ3n) is 6.29. The van der Waals surface area contributed by atoms with Crippen molar-refractivity contribution in [2.75, 3.05) is 6.61 Å². The molecule has 1 fully saturated rings. The summed E-state index contributed by atoms with van der Waals surface area (Å²) in [5.41, 5.74) is 5.30. The Morgan fingerprint density at radius 3 is 2.97 bits per heavy atom. The molecule has 0 N–H and O–H groups in total. The van der Waals surface area contributed by atoms with Gasteiger partial charge in [0.05, 0.1) is 40.7 Å². The molecule has 2 atom stereocenters. The number of nitrogens with zero attached hydrogens (tertiary/aromatic N) is 6. The minimum atomic E-state index is 0.192. The summed E-state index contributed by atoms with van der Waals surface area (Å²) in [6.45, 7) is 2.85. The Morgan fingerprint density at radius 2 is 2.12 bits per heavy atom. The first-order chi connectivity index (χ1) is 15.7. The zero-order valence-corrected chi connectivity index (χ0v) is 17.8. The highest BCUT2D eigenvalue weighted by atomic mass is 16.5. The molecule has 0 bridgehead atoms. The van der Waals surface area contributed by atoms with Gasteiger partial charge in [-0.15, -0.1) is 0 Å². The summed E-state index contributed by atoms with van der Waals surface area (Å²) in [4.78, 5) is 14.4. The second kappa shape index (κ2) is 7.43. The summed E-state index contributed by atoms with van der Waals surface area (Å²) in [6.07, 6.45) is 8.58. The summed E-state index contributed by atoms with van der Waals surface area (Å²) in [5.74, 6) is 0.971. The minimum absolute atomic E-state index is 0.192. The molecule has 7 nitrogen and oxygen atoms in total. The van der Waals surface area contributed by atoms with Crippen molar-refractivity contribution in [3.8, 4) is 6.07 Å². The van der Waals surface area contributed by atoms with Gasteiger partial charge in [-0.3, -0.25) is 4.98 Å². The van der Waals surface area contributed by atoms with E-state index in [4.69, 9.17) is 14.7 Å². The largest absolute Gasteiger partial charge is 0.378 e. The Labute approximate surface area is 184 Å². The highest BCUT2D eigenvalue weighted by Gasteiger charge is 2.26. The number of rotatable bonds is 3. The number of imidazole rings is 2. The van der Waals surface area contributed by atoms with Crippen molar-refractivity contribution < 1.29 is 4.74 Å². The molecule has 5 heterocycles. The zero-order valence-electron chi connectivity index (χ0n) is 17.8. The van der Waals surface area contributed by atoms with Gasteiger partial charge < -0.3 is 13.7 Å².